The van der Waals surface area contributed by atoms with Gasteiger partial charge in [-0.1, -0.05) is 36.4 Å². The van der Waals surface area contributed by atoms with Gasteiger partial charge in [0.2, 0.25) is 0 Å². The van der Waals surface area contributed by atoms with E-state index in [2.05, 4.69) is 10.6 Å². The summed E-state index contributed by atoms with van der Waals surface area (Å²) in [6.07, 6.45) is -1.07. The Labute approximate surface area is 173 Å². The first-order chi connectivity index (χ1) is 14.5. The Hall–Kier alpha value is -4.18. The van der Waals surface area contributed by atoms with E-state index in [1.165, 1.54) is 13.0 Å². The van der Waals surface area contributed by atoms with Crippen LogP contribution in [-0.2, 0) is 14.3 Å². The zero-order chi connectivity index (χ0) is 21.5. The van der Waals surface area contributed by atoms with Crippen molar-refractivity contribution in [2.75, 3.05) is 11.9 Å². The summed E-state index contributed by atoms with van der Waals surface area (Å²) in [6, 6.07) is 21.2. The van der Waals surface area contributed by atoms with E-state index in [0.29, 0.717) is 16.8 Å². The second-order valence-electron chi connectivity index (χ2n) is 6.56. The number of hydrogen-bond donors (Lipinski definition) is 2. The molecule has 0 aliphatic rings. The van der Waals surface area contributed by atoms with Crippen molar-refractivity contribution in [3.05, 3.63) is 77.9 Å². The largest absolute Gasteiger partial charge is 0.451 e. The molecule has 150 valence electrons. The van der Waals surface area contributed by atoms with E-state index >= 15 is 0 Å². The number of hydrogen-bond acceptors (Lipinski definition) is 5. The molecule has 7 heteroatoms. The molecule has 1 atom stereocenters. The maximum atomic E-state index is 12.3. The van der Waals surface area contributed by atoms with E-state index < -0.39 is 23.9 Å². The van der Waals surface area contributed by atoms with Gasteiger partial charge >= 0.3 is 5.97 Å². The number of rotatable bonds is 6. The third-order valence-corrected chi connectivity index (χ3v) is 4.34. The van der Waals surface area contributed by atoms with Crippen LogP contribution in [-0.4, -0.2) is 30.4 Å². The van der Waals surface area contributed by atoms with Gasteiger partial charge in [-0.15, -0.1) is 0 Å². The summed E-state index contributed by atoms with van der Waals surface area (Å²) in [4.78, 5) is 36.5. The first kappa shape index (κ1) is 20.6. The van der Waals surface area contributed by atoms with Crippen molar-refractivity contribution in [2.45, 2.75) is 13.0 Å². The molecule has 0 bridgehead atoms. The minimum atomic E-state index is -1.07. The lowest BCUT2D eigenvalue weighted by Gasteiger charge is -2.14. The standard InChI is InChI=1S/C23H19N3O4/c1-15(22(28)26-20-8-4-5-16(11-20)13-24)30-21(27)14-25-23(29)19-10-9-17-6-2-3-7-18(17)12-19/h2-12,15H,14H2,1H3,(H,25,29)(H,26,28). The molecule has 0 aliphatic heterocycles. The summed E-state index contributed by atoms with van der Waals surface area (Å²) in [5.41, 5.74) is 1.24. The Morgan fingerprint density at radius 1 is 1.00 bits per heavy atom. The number of nitrogens with zero attached hydrogens (tertiary/aromatic N) is 1. The molecule has 0 spiro atoms. The van der Waals surface area contributed by atoms with Crippen molar-refractivity contribution >= 4 is 34.2 Å². The van der Waals surface area contributed by atoms with Crippen molar-refractivity contribution in [2.24, 2.45) is 0 Å². The molecule has 0 saturated carbocycles. The Bertz CT molecular complexity index is 1150. The van der Waals surface area contributed by atoms with Crippen molar-refractivity contribution in [3.8, 4) is 6.07 Å². The number of esters is 1. The Morgan fingerprint density at radius 3 is 2.53 bits per heavy atom. The van der Waals surface area contributed by atoms with Crippen LogP contribution in [0, 0.1) is 11.3 Å². The number of amides is 2. The first-order valence-corrected chi connectivity index (χ1v) is 9.24. The van der Waals surface area contributed by atoms with Crippen molar-refractivity contribution in [1.82, 2.24) is 5.32 Å². The van der Waals surface area contributed by atoms with Gasteiger partial charge in [-0.2, -0.15) is 5.26 Å². The van der Waals surface area contributed by atoms with Gasteiger partial charge in [-0.25, -0.2) is 0 Å². The lowest BCUT2D eigenvalue weighted by Crippen LogP contribution is -2.35. The van der Waals surface area contributed by atoms with Crippen LogP contribution < -0.4 is 10.6 Å². The third-order valence-electron chi connectivity index (χ3n) is 4.34. The van der Waals surface area contributed by atoms with Gasteiger partial charge in [0.05, 0.1) is 11.6 Å². The predicted molar refractivity (Wildman–Crippen MR) is 112 cm³/mol. The Kier molecular flexibility index (Phi) is 6.40. The van der Waals surface area contributed by atoms with Gasteiger partial charge in [0.1, 0.15) is 6.54 Å². The Morgan fingerprint density at radius 2 is 1.77 bits per heavy atom. The van der Waals surface area contributed by atoms with Gasteiger partial charge in [-0.05, 0) is 48.0 Å². The second kappa shape index (κ2) is 9.34. The zero-order valence-corrected chi connectivity index (χ0v) is 16.2. The SMILES string of the molecule is CC(OC(=O)CNC(=O)c1ccc2ccccc2c1)C(=O)Nc1cccc(C#N)c1. The van der Waals surface area contributed by atoms with Crippen LogP contribution >= 0.6 is 0 Å². The van der Waals surface area contributed by atoms with E-state index in [0.717, 1.165) is 10.8 Å². The van der Waals surface area contributed by atoms with Crippen molar-refractivity contribution < 1.29 is 19.1 Å². The molecule has 30 heavy (non-hydrogen) atoms. The molecule has 0 fully saturated rings. The predicted octanol–water partition coefficient (Wildman–Crippen LogP) is 3.01. The van der Waals surface area contributed by atoms with E-state index in [-0.39, 0.29) is 6.54 Å². The number of fused-ring (bicyclic) bond motifs is 1. The molecule has 0 radical (unpaired) electrons. The van der Waals surface area contributed by atoms with Crippen LogP contribution in [0.4, 0.5) is 5.69 Å². The highest BCUT2D eigenvalue weighted by Gasteiger charge is 2.19. The van der Waals surface area contributed by atoms with Crippen LogP contribution in [0.3, 0.4) is 0 Å². The maximum Gasteiger partial charge on any atom is 0.326 e. The number of anilines is 1. The smallest absolute Gasteiger partial charge is 0.326 e. The van der Waals surface area contributed by atoms with E-state index in [4.69, 9.17) is 10.00 Å². The van der Waals surface area contributed by atoms with Crippen LogP contribution in [0.1, 0.15) is 22.8 Å². The van der Waals surface area contributed by atoms with Gasteiger partial charge < -0.3 is 15.4 Å². The van der Waals surface area contributed by atoms with Gasteiger partial charge in [0.25, 0.3) is 11.8 Å². The molecule has 0 aromatic heterocycles. The highest BCUT2D eigenvalue weighted by Crippen LogP contribution is 2.15. The number of ether oxygens (including phenoxy) is 1. The number of nitrogens with one attached hydrogen (secondary N) is 2. The minimum absolute atomic E-state index is 0.368. The number of benzene rings is 3. The molecular weight excluding hydrogens is 382 g/mol. The summed E-state index contributed by atoms with van der Waals surface area (Å²) in [6.45, 7) is 1.06. The molecule has 0 heterocycles. The number of carbonyl (C=O) groups excluding carboxylic acids is 3. The van der Waals surface area contributed by atoms with Crippen LogP contribution in [0.2, 0.25) is 0 Å². The normalized spacial score (nSPS) is 11.2. The molecule has 2 N–H and O–H groups in total. The first-order valence-electron chi connectivity index (χ1n) is 9.24. The molecule has 7 nitrogen and oxygen atoms in total. The van der Waals surface area contributed by atoms with E-state index in [1.54, 1.807) is 30.3 Å². The molecule has 0 aliphatic carbocycles. The maximum absolute atomic E-state index is 12.3. The van der Waals surface area contributed by atoms with E-state index in [1.807, 2.05) is 36.4 Å². The zero-order valence-electron chi connectivity index (χ0n) is 16.2. The van der Waals surface area contributed by atoms with Crippen LogP contribution in [0.15, 0.2) is 66.7 Å². The number of carbonyl (C=O) groups is 3. The minimum Gasteiger partial charge on any atom is -0.451 e. The molecule has 3 rings (SSSR count). The fraction of sp³-hybridized carbons (Fsp3) is 0.130. The summed E-state index contributed by atoms with van der Waals surface area (Å²) in [7, 11) is 0. The fourth-order valence-corrected chi connectivity index (χ4v) is 2.79. The Balaban J connectivity index is 1.50. The average molecular weight is 401 g/mol. The topological polar surface area (TPSA) is 108 Å². The molecular formula is C23H19N3O4. The van der Waals surface area contributed by atoms with Crippen LogP contribution in [0.5, 0.6) is 0 Å². The molecule has 1 unspecified atom stereocenters. The highest BCUT2D eigenvalue weighted by atomic mass is 16.5. The van der Waals surface area contributed by atoms with Crippen molar-refractivity contribution in [1.29, 1.82) is 5.26 Å². The fourth-order valence-electron chi connectivity index (χ4n) is 2.79. The monoisotopic (exact) mass is 401 g/mol. The highest BCUT2D eigenvalue weighted by molar-refractivity contribution is 6.00. The van der Waals surface area contributed by atoms with Crippen LogP contribution in [0.25, 0.3) is 10.8 Å². The summed E-state index contributed by atoms with van der Waals surface area (Å²) in [5.74, 6) is -1.69. The summed E-state index contributed by atoms with van der Waals surface area (Å²) in [5, 5.41) is 15.9. The lowest BCUT2D eigenvalue weighted by molar-refractivity contribution is -0.152. The molecule has 2 amide bonds. The number of nitriles is 1. The van der Waals surface area contributed by atoms with Gasteiger partial charge in [-0.3, -0.25) is 14.4 Å². The molecule has 0 saturated heterocycles. The van der Waals surface area contributed by atoms with Crippen molar-refractivity contribution in [3.63, 3.8) is 0 Å². The quantitative estimate of drug-likeness (QED) is 0.617. The second-order valence-corrected chi connectivity index (χ2v) is 6.56. The third kappa shape index (κ3) is 5.20. The lowest BCUT2D eigenvalue weighted by atomic mass is 10.1. The molecule has 3 aromatic rings. The van der Waals surface area contributed by atoms with Gasteiger partial charge in [0, 0.05) is 11.3 Å². The average Bonchev–Trinajstić information content (AvgIpc) is 2.77. The summed E-state index contributed by atoms with van der Waals surface area (Å²) < 4.78 is 5.07. The van der Waals surface area contributed by atoms with Gasteiger partial charge in [0.15, 0.2) is 6.10 Å². The molecule has 3 aromatic carbocycles. The summed E-state index contributed by atoms with van der Waals surface area (Å²) >= 11 is 0. The van der Waals surface area contributed by atoms with E-state index in [9.17, 15) is 14.4 Å².